The summed E-state index contributed by atoms with van der Waals surface area (Å²) in [5.74, 6) is 1.16. The molecule has 1 atom stereocenters. The summed E-state index contributed by atoms with van der Waals surface area (Å²) in [7, 11) is 0. The van der Waals surface area contributed by atoms with Gasteiger partial charge < -0.3 is 19.0 Å². The Morgan fingerprint density at radius 3 is 2.66 bits per heavy atom. The van der Waals surface area contributed by atoms with Crippen LogP contribution in [0.25, 0.3) is 0 Å². The molecule has 4 rings (SSSR count). The van der Waals surface area contributed by atoms with Gasteiger partial charge in [0, 0.05) is 32.6 Å². The molecular formula is C21H22F3N5O3. The molecule has 1 aliphatic rings. The first-order valence-electron chi connectivity index (χ1n) is 10.1. The van der Waals surface area contributed by atoms with Crippen LogP contribution in [0.5, 0.6) is 5.75 Å². The third kappa shape index (κ3) is 5.28. The van der Waals surface area contributed by atoms with E-state index in [4.69, 9.17) is 4.42 Å². The van der Waals surface area contributed by atoms with Gasteiger partial charge in [-0.1, -0.05) is 12.1 Å². The number of halogens is 3. The molecule has 0 fully saturated rings. The Bertz CT molecular complexity index is 1050. The van der Waals surface area contributed by atoms with Crippen LogP contribution in [0.2, 0.25) is 0 Å². The normalized spacial score (nSPS) is 15.6. The van der Waals surface area contributed by atoms with Crippen LogP contribution in [0.3, 0.4) is 0 Å². The minimum absolute atomic E-state index is 0.227. The van der Waals surface area contributed by atoms with Crippen molar-refractivity contribution in [2.24, 2.45) is 0 Å². The molecule has 1 aliphatic heterocycles. The minimum atomic E-state index is -4.70. The standard InChI is InChI=1S/C21H22F3N5O3/c1-14(25-20(30)17-3-2-12-31-17)19-27-26-18-8-9-28(10-11-29(18)19)13-15-4-6-16(7-5-15)32-21(22,23)24/h2-7,12,14H,8-11,13H2,1H3,(H,25,30)/t14-/m1/s1. The number of furan rings is 1. The number of nitrogens with one attached hydrogen (secondary N) is 1. The van der Waals surface area contributed by atoms with Crippen LogP contribution in [0, 0.1) is 0 Å². The van der Waals surface area contributed by atoms with Crippen molar-refractivity contribution in [3.63, 3.8) is 0 Å². The van der Waals surface area contributed by atoms with Gasteiger partial charge in [0.15, 0.2) is 11.6 Å². The SMILES string of the molecule is C[C@@H](NC(=O)c1ccco1)c1nnc2n1CCN(Cc1ccc(OC(F)(F)F)cc1)CC2. The number of carbonyl (C=O) groups is 1. The van der Waals surface area contributed by atoms with Crippen LogP contribution in [0.4, 0.5) is 13.2 Å². The average Bonchev–Trinajstić information content (AvgIpc) is 3.37. The van der Waals surface area contributed by atoms with Gasteiger partial charge >= 0.3 is 6.36 Å². The van der Waals surface area contributed by atoms with Crippen molar-refractivity contribution < 1.29 is 27.1 Å². The Labute approximate surface area is 182 Å². The molecule has 0 saturated carbocycles. The van der Waals surface area contributed by atoms with Gasteiger partial charge in [-0.15, -0.1) is 23.4 Å². The molecule has 2 aromatic heterocycles. The summed E-state index contributed by atoms with van der Waals surface area (Å²) in [4.78, 5) is 14.5. The number of rotatable bonds is 6. The Kier molecular flexibility index (Phi) is 6.17. The number of amides is 1. The molecule has 3 heterocycles. The Morgan fingerprint density at radius 2 is 1.97 bits per heavy atom. The van der Waals surface area contributed by atoms with Gasteiger partial charge in [-0.2, -0.15) is 0 Å². The maximum Gasteiger partial charge on any atom is 0.573 e. The molecular weight excluding hydrogens is 427 g/mol. The molecule has 0 unspecified atom stereocenters. The molecule has 0 radical (unpaired) electrons. The molecule has 8 nitrogen and oxygen atoms in total. The molecule has 1 N–H and O–H groups in total. The molecule has 0 saturated heterocycles. The predicted octanol–water partition coefficient (Wildman–Crippen LogP) is 3.32. The first-order valence-corrected chi connectivity index (χ1v) is 10.1. The van der Waals surface area contributed by atoms with E-state index in [0.29, 0.717) is 31.9 Å². The van der Waals surface area contributed by atoms with Crippen molar-refractivity contribution in [3.05, 3.63) is 65.6 Å². The molecule has 170 valence electrons. The van der Waals surface area contributed by atoms with E-state index < -0.39 is 6.36 Å². The lowest BCUT2D eigenvalue weighted by atomic mass is 10.2. The van der Waals surface area contributed by atoms with Crippen molar-refractivity contribution in [1.29, 1.82) is 0 Å². The first-order chi connectivity index (χ1) is 15.3. The molecule has 0 spiro atoms. The Hall–Kier alpha value is -3.34. The van der Waals surface area contributed by atoms with E-state index >= 15 is 0 Å². The summed E-state index contributed by atoms with van der Waals surface area (Å²) >= 11 is 0. The fourth-order valence-electron chi connectivity index (χ4n) is 3.66. The number of benzene rings is 1. The molecule has 1 aromatic carbocycles. The van der Waals surface area contributed by atoms with Gasteiger partial charge in [0.1, 0.15) is 11.6 Å². The van der Waals surface area contributed by atoms with E-state index in [2.05, 4.69) is 25.2 Å². The number of fused-ring (bicyclic) bond motifs is 1. The number of carbonyl (C=O) groups excluding carboxylic acids is 1. The summed E-state index contributed by atoms with van der Waals surface area (Å²) in [6.45, 7) is 4.49. The first kappa shape index (κ1) is 21.9. The summed E-state index contributed by atoms with van der Waals surface area (Å²) in [6.07, 6.45) is -2.59. The van der Waals surface area contributed by atoms with Crippen LogP contribution in [0.1, 0.15) is 40.7 Å². The monoisotopic (exact) mass is 449 g/mol. The van der Waals surface area contributed by atoms with Gasteiger partial charge in [-0.25, -0.2) is 0 Å². The lowest BCUT2D eigenvalue weighted by Crippen LogP contribution is -2.30. The predicted molar refractivity (Wildman–Crippen MR) is 107 cm³/mol. The number of alkyl halides is 3. The van der Waals surface area contributed by atoms with E-state index in [9.17, 15) is 18.0 Å². The van der Waals surface area contributed by atoms with Crippen LogP contribution < -0.4 is 10.1 Å². The van der Waals surface area contributed by atoms with Crippen LogP contribution in [-0.4, -0.2) is 45.0 Å². The highest BCUT2D eigenvalue weighted by Gasteiger charge is 2.31. The lowest BCUT2D eigenvalue weighted by molar-refractivity contribution is -0.274. The van der Waals surface area contributed by atoms with Crippen LogP contribution in [0.15, 0.2) is 47.1 Å². The third-order valence-corrected chi connectivity index (χ3v) is 5.19. The van der Waals surface area contributed by atoms with E-state index in [1.165, 1.54) is 18.4 Å². The molecule has 1 amide bonds. The smallest absolute Gasteiger partial charge is 0.459 e. The number of ether oxygens (including phenoxy) is 1. The van der Waals surface area contributed by atoms with E-state index in [1.54, 1.807) is 24.3 Å². The molecule has 3 aromatic rings. The Balaban J connectivity index is 1.36. The van der Waals surface area contributed by atoms with Crippen molar-refractivity contribution >= 4 is 5.91 Å². The topological polar surface area (TPSA) is 85.4 Å². The maximum atomic E-state index is 12.3. The zero-order valence-corrected chi connectivity index (χ0v) is 17.3. The lowest BCUT2D eigenvalue weighted by Gasteiger charge is -2.20. The maximum absolute atomic E-state index is 12.3. The number of aromatic nitrogens is 3. The molecule has 0 bridgehead atoms. The molecule has 32 heavy (non-hydrogen) atoms. The minimum Gasteiger partial charge on any atom is -0.459 e. The van der Waals surface area contributed by atoms with Crippen LogP contribution in [-0.2, 0) is 19.5 Å². The van der Waals surface area contributed by atoms with E-state index in [1.807, 2.05) is 11.5 Å². The van der Waals surface area contributed by atoms with Gasteiger partial charge in [0.25, 0.3) is 5.91 Å². The Morgan fingerprint density at radius 1 is 1.19 bits per heavy atom. The molecule has 11 heteroatoms. The zero-order valence-electron chi connectivity index (χ0n) is 17.3. The summed E-state index contributed by atoms with van der Waals surface area (Å²) < 4.78 is 48.0. The summed E-state index contributed by atoms with van der Waals surface area (Å²) in [5, 5.41) is 11.4. The van der Waals surface area contributed by atoms with Crippen molar-refractivity contribution in [2.75, 3.05) is 13.1 Å². The highest BCUT2D eigenvalue weighted by atomic mass is 19.4. The zero-order chi connectivity index (χ0) is 22.7. The molecule has 0 aliphatic carbocycles. The summed E-state index contributed by atoms with van der Waals surface area (Å²) in [5.41, 5.74) is 0.886. The quantitative estimate of drug-likeness (QED) is 0.622. The van der Waals surface area contributed by atoms with Crippen molar-refractivity contribution in [3.8, 4) is 5.75 Å². The second-order valence-electron chi connectivity index (χ2n) is 7.52. The van der Waals surface area contributed by atoms with Crippen LogP contribution >= 0.6 is 0 Å². The average molecular weight is 449 g/mol. The van der Waals surface area contributed by atoms with Gasteiger partial charge in [-0.05, 0) is 36.8 Å². The van der Waals surface area contributed by atoms with Gasteiger partial charge in [0.05, 0.1) is 12.3 Å². The highest BCUT2D eigenvalue weighted by molar-refractivity contribution is 5.91. The number of hydrogen-bond donors (Lipinski definition) is 1. The fraction of sp³-hybridized carbons (Fsp3) is 0.381. The van der Waals surface area contributed by atoms with Crippen molar-refractivity contribution in [1.82, 2.24) is 25.0 Å². The fourth-order valence-corrected chi connectivity index (χ4v) is 3.66. The number of nitrogens with zero attached hydrogens (tertiary/aromatic N) is 4. The largest absolute Gasteiger partial charge is 0.573 e. The van der Waals surface area contributed by atoms with Gasteiger partial charge in [-0.3, -0.25) is 9.69 Å². The summed E-state index contributed by atoms with van der Waals surface area (Å²) in [6, 6.07) is 8.77. The second-order valence-corrected chi connectivity index (χ2v) is 7.52. The second kappa shape index (κ2) is 9.03. The van der Waals surface area contributed by atoms with E-state index in [0.717, 1.165) is 17.9 Å². The van der Waals surface area contributed by atoms with E-state index in [-0.39, 0.29) is 23.5 Å². The van der Waals surface area contributed by atoms with Gasteiger partial charge in [0.2, 0.25) is 0 Å². The highest BCUT2D eigenvalue weighted by Crippen LogP contribution is 2.23. The van der Waals surface area contributed by atoms with Crippen molar-refractivity contribution in [2.45, 2.75) is 38.8 Å². The third-order valence-electron chi connectivity index (χ3n) is 5.19. The number of hydrogen-bond acceptors (Lipinski definition) is 6.